The van der Waals surface area contributed by atoms with Crippen LogP contribution in [0.25, 0.3) is 0 Å². The summed E-state index contributed by atoms with van der Waals surface area (Å²) in [4.78, 5) is 25.2. The van der Waals surface area contributed by atoms with E-state index < -0.39 is 0 Å². The Morgan fingerprint density at radius 3 is 2.60 bits per heavy atom. The van der Waals surface area contributed by atoms with Gasteiger partial charge in [0.05, 0.1) is 13.0 Å². The molecule has 1 aliphatic heterocycles. The third kappa shape index (κ3) is 3.18. The van der Waals surface area contributed by atoms with E-state index in [2.05, 4.69) is 11.8 Å². The van der Waals surface area contributed by atoms with E-state index in [0.717, 1.165) is 5.56 Å². The molecule has 0 aliphatic carbocycles. The predicted octanol–water partition coefficient (Wildman–Crippen LogP) is 1.31. The largest absolute Gasteiger partial charge is 0.469 e. The summed E-state index contributed by atoms with van der Waals surface area (Å²) in [7, 11) is 1.37. The van der Waals surface area contributed by atoms with Gasteiger partial charge in [0.25, 0.3) is 5.91 Å². The van der Waals surface area contributed by atoms with Crippen molar-refractivity contribution in [2.75, 3.05) is 20.2 Å². The maximum atomic E-state index is 12.0. The summed E-state index contributed by atoms with van der Waals surface area (Å²) >= 11 is 0. The summed E-state index contributed by atoms with van der Waals surface area (Å²) < 4.78 is 4.75. The maximum Gasteiger partial charge on any atom is 0.310 e. The van der Waals surface area contributed by atoms with Crippen LogP contribution in [0.15, 0.2) is 30.3 Å². The Hall–Kier alpha value is -2.28. The quantitative estimate of drug-likeness (QED) is 0.571. The standard InChI is InChI=1S/C16H17NO3/c1-12-10-17(11-14(12)16(19)20-2)15(18)9-8-13-6-4-3-5-7-13/h3-7,12,14H,10-11H2,1-2H3. The van der Waals surface area contributed by atoms with E-state index >= 15 is 0 Å². The molecule has 0 radical (unpaired) electrons. The lowest BCUT2D eigenvalue weighted by Gasteiger charge is -2.11. The van der Waals surface area contributed by atoms with E-state index in [9.17, 15) is 9.59 Å². The first-order valence-electron chi connectivity index (χ1n) is 6.55. The van der Waals surface area contributed by atoms with Crippen LogP contribution < -0.4 is 0 Å². The van der Waals surface area contributed by atoms with Gasteiger partial charge in [-0.15, -0.1) is 0 Å². The van der Waals surface area contributed by atoms with Gasteiger partial charge in [0, 0.05) is 24.6 Å². The summed E-state index contributed by atoms with van der Waals surface area (Å²) in [5, 5.41) is 0. The van der Waals surface area contributed by atoms with Crippen molar-refractivity contribution in [1.29, 1.82) is 0 Å². The van der Waals surface area contributed by atoms with Gasteiger partial charge in [-0.05, 0) is 18.1 Å². The van der Waals surface area contributed by atoms with Gasteiger partial charge in [-0.3, -0.25) is 9.59 Å². The van der Waals surface area contributed by atoms with Crippen LogP contribution in [-0.4, -0.2) is 37.0 Å². The predicted molar refractivity (Wildman–Crippen MR) is 74.6 cm³/mol. The van der Waals surface area contributed by atoms with Gasteiger partial charge in [0.1, 0.15) is 0 Å². The van der Waals surface area contributed by atoms with E-state index in [-0.39, 0.29) is 23.7 Å². The Kier molecular flexibility index (Phi) is 4.41. The summed E-state index contributed by atoms with van der Waals surface area (Å²) in [6.45, 7) is 2.87. The van der Waals surface area contributed by atoms with Crippen LogP contribution in [0.4, 0.5) is 0 Å². The molecule has 1 aromatic carbocycles. The minimum atomic E-state index is -0.260. The first-order chi connectivity index (χ1) is 9.61. The highest BCUT2D eigenvalue weighted by atomic mass is 16.5. The number of methoxy groups -OCH3 is 1. The van der Waals surface area contributed by atoms with Crippen LogP contribution in [0, 0.1) is 23.7 Å². The van der Waals surface area contributed by atoms with Crippen LogP contribution in [0.1, 0.15) is 12.5 Å². The van der Waals surface area contributed by atoms with Crippen molar-refractivity contribution in [2.24, 2.45) is 11.8 Å². The molecule has 0 N–H and O–H groups in total. The number of hydrogen-bond acceptors (Lipinski definition) is 3. The Balaban J connectivity index is 2.02. The van der Waals surface area contributed by atoms with Gasteiger partial charge < -0.3 is 9.64 Å². The lowest BCUT2D eigenvalue weighted by Crippen LogP contribution is -2.29. The third-order valence-electron chi connectivity index (χ3n) is 3.49. The molecule has 4 nitrogen and oxygen atoms in total. The summed E-state index contributed by atoms with van der Waals surface area (Å²) in [6.07, 6.45) is 0. The number of carbonyl (C=O) groups excluding carboxylic acids is 2. The topological polar surface area (TPSA) is 46.6 Å². The Bertz CT molecular complexity index is 556. The van der Waals surface area contributed by atoms with Crippen LogP contribution in [-0.2, 0) is 14.3 Å². The van der Waals surface area contributed by atoms with Crippen LogP contribution in [0.2, 0.25) is 0 Å². The van der Waals surface area contributed by atoms with E-state index in [1.54, 1.807) is 4.90 Å². The van der Waals surface area contributed by atoms with Gasteiger partial charge in [0.15, 0.2) is 0 Å². The molecule has 4 heteroatoms. The SMILES string of the molecule is COC(=O)C1CN(C(=O)C#Cc2ccccc2)CC1C. The molecule has 2 rings (SSSR count). The second-order valence-corrected chi connectivity index (χ2v) is 4.93. The van der Waals surface area contributed by atoms with Crippen molar-refractivity contribution in [3.05, 3.63) is 35.9 Å². The fourth-order valence-corrected chi connectivity index (χ4v) is 2.32. The van der Waals surface area contributed by atoms with Crippen molar-refractivity contribution in [3.63, 3.8) is 0 Å². The minimum Gasteiger partial charge on any atom is -0.469 e. The molecule has 2 atom stereocenters. The zero-order chi connectivity index (χ0) is 14.5. The molecule has 1 heterocycles. The van der Waals surface area contributed by atoms with Gasteiger partial charge in [0.2, 0.25) is 0 Å². The molecule has 1 aromatic rings. The number of benzene rings is 1. The van der Waals surface area contributed by atoms with Gasteiger partial charge in [-0.2, -0.15) is 0 Å². The van der Waals surface area contributed by atoms with E-state index in [4.69, 9.17) is 4.74 Å². The molecule has 104 valence electrons. The highest BCUT2D eigenvalue weighted by molar-refractivity contribution is 5.94. The number of hydrogen-bond donors (Lipinski definition) is 0. The summed E-state index contributed by atoms with van der Waals surface area (Å²) in [6, 6.07) is 9.35. The summed E-state index contributed by atoms with van der Waals surface area (Å²) in [5.74, 6) is 4.81. The highest BCUT2D eigenvalue weighted by Gasteiger charge is 2.37. The second-order valence-electron chi connectivity index (χ2n) is 4.93. The Labute approximate surface area is 118 Å². The molecule has 0 aromatic heterocycles. The molecule has 0 saturated carbocycles. The minimum absolute atomic E-state index is 0.102. The molecule has 1 fully saturated rings. The zero-order valence-corrected chi connectivity index (χ0v) is 11.6. The number of amides is 1. The zero-order valence-electron chi connectivity index (χ0n) is 11.6. The lowest BCUT2D eigenvalue weighted by molar-refractivity contribution is -0.146. The second kappa shape index (κ2) is 6.25. The Morgan fingerprint density at radius 1 is 1.25 bits per heavy atom. The Morgan fingerprint density at radius 2 is 1.95 bits per heavy atom. The van der Waals surface area contributed by atoms with Crippen LogP contribution in [0.3, 0.4) is 0 Å². The number of likely N-dealkylation sites (tertiary alicyclic amines) is 1. The van der Waals surface area contributed by atoms with Crippen LogP contribution in [0.5, 0.6) is 0 Å². The van der Waals surface area contributed by atoms with Crippen molar-refractivity contribution >= 4 is 11.9 Å². The molecule has 2 unspecified atom stereocenters. The molecule has 0 bridgehead atoms. The fraction of sp³-hybridized carbons (Fsp3) is 0.375. The van der Waals surface area contributed by atoms with Gasteiger partial charge in [-0.25, -0.2) is 0 Å². The molecule has 1 saturated heterocycles. The molecule has 0 spiro atoms. The highest BCUT2D eigenvalue weighted by Crippen LogP contribution is 2.23. The first kappa shape index (κ1) is 14.1. The summed E-state index contributed by atoms with van der Waals surface area (Å²) in [5.41, 5.74) is 0.803. The average molecular weight is 271 g/mol. The fourth-order valence-electron chi connectivity index (χ4n) is 2.32. The lowest BCUT2D eigenvalue weighted by atomic mass is 9.99. The van der Waals surface area contributed by atoms with E-state index in [1.165, 1.54) is 7.11 Å². The van der Waals surface area contributed by atoms with Gasteiger partial charge >= 0.3 is 5.97 Å². The van der Waals surface area contributed by atoms with Gasteiger partial charge in [-0.1, -0.05) is 31.0 Å². The molecule has 20 heavy (non-hydrogen) atoms. The molecule has 1 amide bonds. The molecular weight excluding hydrogens is 254 g/mol. The monoisotopic (exact) mass is 271 g/mol. The number of carbonyl (C=O) groups is 2. The molecule has 1 aliphatic rings. The maximum absolute atomic E-state index is 12.0. The van der Waals surface area contributed by atoms with E-state index in [0.29, 0.717) is 13.1 Å². The number of nitrogens with zero attached hydrogens (tertiary/aromatic N) is 1. The van der Waals surface area contributed by atoms with Crippen molar-refractivity contribution < 1.29 is 14.3 Å². The van der Waals surface area contributed by atoms with Crippen molar-refractivity contribution in [1.82, 2.24) is 4.90 Å². The van der Waals surface area contributed by atoms with Crippen LogP contribution >= 0.6 is 0 Å². The van der Waals surface area contributed by atoms with Crippen molar-refractivity contribution in [3.8, 4) is 11.8 Å². The number of rotatable bonds is 1. The smallest absolute Gasteiger partial charge is 0.310 e. The normalized spacial score (nSPS) is 21.0. The van der Waals surface area contributed by atoms with Crippen molar-refractivity contribution in [2.45, 2.75) is 6.92 Å². The average Bonchev–Trinajstić information content (AvgIpc) is 2.87. The first-order valence-corrected chi connectivity index (χ1v) is 6.55. The van der Waals surface area contributed by atoms with E-state index in [1.807, 2.05) is 37.3 Å². The number of esters is 1. The third-order valence-corrected chi connectivity index (χ3v) is 3.49. The molecular formula is C16H17NO3. The number of ether oxygens (including phenoxy) is 1.